The van der Waals surface area contributed by atoms with Gasteiger partial charge in [0.25, 0.3) is 5.91 Å². The highest BCUT2D eigenvalue weighted by Gasteiger charge is 2.13. The van der Waals surface area contributed by atoms with Crippen molar-refractivity contribution in [3.63, 3.8) is 0 Å². The van der Waals surface area contributed by atoms with Crippen LogP contribution in [0.25, 0.3) is 0 Å². The number of carbonyl (C=O) groups excluding carboxylic acids is 1. The van der Waals surface area contributed by atoms with Crippen molar-refractivity contribution in [3.05, 3.63) is 71.0 Å². The van der Waals surface area contributed by atoms with Crippen LogP contribution in [0.4, 0.5) is 23.0 Å². The van der Waals surface area contributed by atoms with Crippen molar-refractivity contribution in [2.45, 2.75) is 20.8 Å². The summed E-state index contributed by atoms with van der Waals surface area (Å²) < 4.78 is 0. The van der Waals surface area contributed by atoms with Crippen LogP contribution in [0.3, 0.4) is 0 Å². The van der Waals surface area contributed by atoms with E-state index in [1.54, 1.807) is 6.07 Å². The van der Waals surface area contributed by atoms with Crippen LogP contribution in [0.5, 0.6) is 0 Å². The molecule has 1 amide bonds. The number of nitrogens with one attached hydrogen (secondary N) is 2. The zero-order valence-electron chi connectivity index (χ0n) is 16.9. The van der Waals surface area contributed by atoms with Crippen molar-refractivity contribution >= 4 is 28.9 Å². The first-order valence-corrected chi connectivity index (χ1v) is 9.11. The van der Waals surface area contributed by atoms with Crippen LogP contribution in [-0.2, 0) is 0 Å². The monoisotopic (exact) mass is 375 g/mol. The first kappa shape index (κ1) is 19.4. The number of benzene rings is 2. The third kappa shape index (κ3) is 4.46. The van der Waals surface area contributed by atoms with Gasteiger partial charge in [0.15, 0.2) is 0 Å². The number of para-hydroxylation sites is 1. The second-order valence-corrected chi connectivity index (χ2v) is 7.01. The van der Waals surface area contributed by atoms with Crippen molar-refractivity contribution in [3.8, 4) is 0 Å². The minimum Gasteiger partial charge on any atom is -0.378 e. The molecule has 0 fully saturated rings. The first-order valence-electron chi connectivity index (χ1n) is 9.11. The summed E-state index contributed by atoms with van der Waals surface area (Å²) in [6, 6.07) is 15.5. The van der Waals surface area contributed by atoms with E-state index in [4.69, 9.17) is 0 Å². The van der Waals surface area contributed by atoms with E-state index in [1.807, 2.05) is 82.2 Å². The van der Waals surface area contributed by atoms with E-state index in [-0.39, 0.29) is 5.91 Å². The molecule has 6 nitrogen and oxygen atoms in total. The lowest BCUT2D eigenvalue weighted by Gasteiger charge is -2.14. The molecule has 1 heterocycles. The van der Waals surface area contributed by atoms with E-state index in [0.717, 1.165) is 28.2 Å². The second kappa shape index (κ2) is 8.08. The maximum absolute atomic E-state index is 12.8. The van der Waals surface area contributed by atoms with Gasteiger partial charge >= 0.3 is 0 Å². The minimum atomic E-state index is -0.256. The lowest BCUT2D eigenvalue weighted by atomic mass is 10.1. The Morgan fingerprint density at radius 3 is 2.18 bits per heavy atom. The van der Waals surface area contributed by atoms with Crippen LogP contribution in [0.15, 0.2) is 48.5 Å². The van der Waals surface area contributed by atoms with Gasteiger partial charge in [-0.1, -0.05) is 18.2 Å². The molecule has 1 aromatic heterocycles. The molecule has 0 radical (unpaired) electrons. The summed E-state index contributed by atoms with van der Waals surface area (Å²) in [5, 5.41) is 6.14. The molecule has 0 saturated heterocycles. The summed E-state index contributed by atoms with van der Waals surface area (Å²) in [5.74, 6) is 0.137. The van der Waals surface area contributed by atoms with Gasteiger partial charge in [0, 0.05) is 36.9 Å². The van der Waals surface area contributed by atoms with Gasteiger partial charge in [0.2, 0.25) is 5.95 Å². The molecule has 0 aliphatic heterocycles. The maximum atomic E-state index is 12.8. The van der Waals surface area contributed by atoms with E-state index >= 15 is 0 Å². The average molecular weight is 375 g/mol. The highest BCUT2D eigenvalue weighted by Crippen LogP contribution is 2.21. The van der Waals surface area contributed by atoms with Crippen LogP contribution >= 0.6 is 0 Å². The lowest BCUT2D eigenvalue weighted by molar-refractivity contribution is 0.102. The fourth-order valence-electron chi connectivity index (χ4n) is 2.90. The fourth-order valence-corrected chi connectivity index (χ4v) is 2.90. The Bertz CT molecular complexity index is 976. The summed E-state index contributed by atoms with van der Waals surface area (Å²) in [6.45, 7) is 5.79. The molecule has 2 N–H and O–H groups in total. The van der Waals surface area contributed by atoms with Crippen molar-refractivity contribution in [2.24, 2.45) is 0 Å². The predicted molar refractivity (Wildman–Crippen MR) is 115 cm³/mol. The molecule has 0 saturated carbocycles. The summed E-state index contributed by atoms with van der Waals surface area (Å²) in [7, 11) is 3.99. The molecule has 6 heteroatoms. The number of anilines is 4. The smallest absolute Gasteiger partial charge is 0.274 e. The summed E-state index contributed by atoms with van der Waals surface area (Å²) in [6.07, 6.45) is 0. The zero-order valence-corrected chi connectivity index (χ0v) is 16.9. The van der Waals surface area contributed by atoms with Crippen LogP contribution < -0.4 is 15.5 Å². The molecule has 144 valence electrons. The standard InChI is InChI=1S/C22H25N5O/c1-14-7-6-8-15(2)20(14)26-21(28)19-13-16(3)23-22(25-19)24-17-9-11-18(12-10-17)27(4)5/h6-13H,1-5H3,(H,26,28)(H,23,24,25). The summed E-state index contributed by atoms with van der Waals surface area (Å²) in [5.41, 5.74) is 5.84. The average Bonchev–Trinajstić information content (AvgIpc) is 2.64. The molecule has 28 heavy (non-hydrogen) atoms. The van der Waals surface area contributed by atoms with E-state index in [2.05, 4.69) is 20.6 Å². The Morgan fingerprint density at radius 2 is 1.57 bits per heavy atom. The van der Waals surface area contributed by atoms with Crippen molar-refractivity contribution in [1.82, 2.24) is 9.97 Å². The minimum absolute atomic E-state index is 0.256. The largest absolute Gasteiger partial charge is 0.378 e. The van der Waals surface area contributed by atoms with E-state index < -0.39 is 0 Å². The predicted octanol–water partition coefficient (Wildman–Crippen LogP) is 4.46. The van der Waals surface area contributed by atoms with E-state index in [9.17, 15) is 4.79 Å². The highest BCUT2D eigenvalue weighted by atomic mass is 16.1. The van der Waals surface area contributed by atoms with Gasteiger partial charge in [0.1, 0.15) is 5.69 Å². The first-order chi connectivity index (χ1) is 13.3. The van der Waals surface area contributed by atoms with Crippen LogP contribution in [0, 0.1) is 20.8 Å². The molecule has 3 rings (SSSR count). The molecular formula is C22H25N5O. The normalized spacial score (nSPS) is 10.5. The number of rotatable bonds is 5. The van der Waals surface area contributed by atoms with E-state index in [0.29, 0.717) is 17.3 Å². The Kier molecular flexibility index (Phi) is 5.59. The highest BCUT2D eigenvalue weighted by molar-refractivity contribution is 6.04. The van der Waals surface area contributed by atoms with Gasteiger partial charge < -0.3 is 15.5 Å². The zero-order chi connectivity index (χ0) is 20.3. The number of hydrogen-bond acceptors (Lipinski definition) is 5. The Hall–Kier alpha value is -3.41. The number of aromatic nitrogens is 2. The van der Waals surface area contributed by atoms with Gasteiger partial charge in [-0.2, -0.15) is 0 Å². The molecule has 0 aliphatic rings. The Labute approximate surface area is 165 Å². The van der Waals surface area contributed by atoms with E-state index in [1.165, 1.54) is 0 Å². The summed E-state index contributed by atoms with van der Waals surface area (Å²) in [4.78, 5) is 23.6. The number of aryl methyl sites for hydroxylation is 3. The number of hydrogen-bond donors (Lipinski definition) is 2. The molecule has 2 aromatic carbocycles. The van der Waals surface area contributed by atoms with Crippen molar-refractivity contribution < 1.29 is 4.79 Å². The maximum Gasteiger partial charge on any atom is 0.274 e. The summed E-state index contributed by atoms with van der Waals surface area (Å²) >= 11 is 0. The molecular weight excluding hydrogens is 350 g/mol. The molecule has 0 spiro atoms. The van der Waals surface area contributed by atoms with Crippen LogP contribution in [0.1, 0.15) is 27.3 Å². The SMILES string of the molecule is Cc1cc(C(=O)Nc2c(C)cccc2C)nc(Nc2ccc(N(C)C)cc2)n1. The van der Waals surface area contributed by atoms with Crippen LogP contribution in [-0.4, -0.2) is 30.0 Å². The lowest BCUT2D eigenvalue weighted by Crippen LogP contribution is -2.17. The number of amides is 1. The van der Waals surface area contributed by atoms with Gasteiger partial charge in [-0.05, 0) is 62.2 Å². The molecule has 0 bridgehead atoms. The molecule has 3 aromatic rings. The van der Waals surface area contributed by atoms with Crippen molar-refractivity contribution in [1.29, 1.82) is 0 Å². The molecule has 0 unspecified atom stereocenters. The quantitative estimate of drug-likeness (QED) is 0.689. The van der Waals surface area contributed by atoms with Crippen molar-refractivity contribution in [2.75, 3.05) is 29.6 Å². The van der Waals surface area contributed by atoms with Gasteiger partial charge in [-0.25, -0.2) is 9.97 Å². The molecule has 0 aliphatic carbocycles. The van der Waals surface area contributed by atoms with Gasteiger partial charge in [0.05, 0.1) is 0 Å². The van der Waals surface area contributed by atoms with Gasteiger partial charge in [-0.3, -0.25) is 4.79 Å². The number of carbonyl (C=O) groups is 1. The topological polar surface area (TPSA) is 70.2 Å². The van der Waals surface area contributed by atoms with Crippen LogP contribution in [0.2, 0.25) is 0 Å². The fraction of sp³-hybridized carbons (Fsp3) is 0.227. The Balaban J connectivity index is 1.81. The third-order valence-electron chi connectivity index (χ3n) is 4.45. The van der Waals surface area contributed by atoms with Gasteiger partial charge in [-0.15, -0.1) is 0 Å². The number of nitrogens with zero attached hydrogens (tertiary/aromatic N) is 3. The molecule has 0 atom stereocenters. The third-order valence-corrected chi connectivity index (χ3v) is 4.45. The Morgan fingerprint density at radius 1 is 0.929 bits per heavy atom. The second-order valence-electron chi connectivity index (χ2n) is 7.01.